The molecule has 3 rings (SSSR count). The number of hydrogen-bond acceptors (Lipinski definition) is 3. The fourth-order valence-corrected chi connectivity index (χ4v) is 3.07. The van der Waals surface area contributed by atoms with Crippen LogP contribution in [0, 0.1) is 0 Å². The quantitative estimate of drug-likeness (QED) is 0.429. The molecule has 3 aromatic carbocycles. The van der Waals surface area contributed by atoms with Crippen LogP contribution in [0.1, 0.15) is 37.3 Å². The lowest BCUT2D eigenvalue weighted by atomic mass is 9.99. The molecule has 0 N–H and O–H groups in total. The first-order valence-corrected chi connectivity index (χ1v) is 9.68. The van der Waals surface area contributed by atoms with Crippen molar-refractivity contribution in [2.45, 2.75) is 32.8 Å². The summed E-state index contributed by atoms with van der Waals surface area (Å²) < 4.78 is 11.5. The van der Waals surface area contributed by atoms with Gasteiger partial charge in [-0.2, -0.15) is 0 Å². The van der Waals surface area contributed by atoms with E-state index in [1.165, 1.54) is 0 Å². The van der Waals surface area contributed by atoms with Crippen molar-refractivity contribution < 1.29 is 14.3 Å². The van der Waals surface area contributed by atoms with Gasteiger partial charge in [-0.1, -0.05) is 55.5 Å². The van der Waals surface area contributed by atoms with Crippen molar-refractivity contribution in [2.75, 3.05) is 6.61 Å². The van der Waals surface area contributed by atoms with E-state index in [1.54, 1.807) is 0 Å². The monoisotopic (exact) mass is 374 g/mol. The molecule has 3 aromatic rings. The Hall–Kier alpha value is -3.07. The van der Waals surface area contributed by atoms with Crippen LogP contribution >= 0.6 is 0 Å². The average Bonchev–Trinajstić information content (AvgIpc) is 2.74. The maximum atomic E-state index is 10.6. The molecule has 0 spiro atoms. The summed E-state index contributed by atoms with van der Waals surface area (Å²) in [5, 5.41) is 0. The highest BCUT2D eigenvalue weighted by Crippen LogP contribution is 2.25. The van der Waals surface area contributed by atoms with Gasteiger partial charge in [-0.3, -0.25) is 0 Å². The first kappa shape index (κ1) is 19.7. The maximum absolute atomic E-state index is 10.6. The van der Waals surface area contributed by atoms with E-state index in [0.29, 0.717) is 19.6 Å². The molecule has 0 heterocycles. The summed E-state index contributed by atoms with van der Waals surface area (Å²) in [7, 11) is 0. The van der Waals surface area contributed by atoms with Crippen molar-refractivity contribution in [3.05, 3.63) is 83.9 Å². The average molecular weight is 374 g/mol. The van der Waals surface area contributed by atoms with E-state index < -0.39 is 0 Å². The molecular weight excluding hydrogens is 348 g/mol. The number of aldehydes is 1. The fraction of sp³-hybridized carbons (Fsp3) is 0.240. The summed E-state index contributed by atoms with van der Waals surface area (Å²) in [5.41, 5.74) is 4.55. The highest BCUT2D eigenvalue weighted by Gasteiger charge is 2.05. The Kier molecular flexibility index (Phi) is 6.85. The third-order valence-corrected chi connectivity index (χ3v) is 4.74. The van der Waals surface area contributed by atoms with Gasteiger partial charge < -0.3 is 14.3 Å². The second kappa shape index (κ2) is 9.75. The van der Waals surface area contributed by atoms with Gasteiger partial charge in [-0.15, -0.1) is 0 Å². The minimum Gasteiger partial charge on any atom is -0.494 e. The van der Waals surface area contributed by atoms with Crippen LogP contribution in [0.5, 0.6) is 11.5 Å². The van der Waals surface area contributed by atoms with Crippen LogP contribution in [0.4, 0.5) is 0 Å². The van der Waals surface area contributed by atoms with Gasteiger partial charge >= 0.3 is 0 Å². The molecular formula is C25H26O3. The zero-order chi connectivity index (χ0) is 19.8. The van der Waals surface area contributed by atoms with Gasteiger partial charge in [0.05, 0.1) is 6.61 Å². The van der Waals surface area contributed by atoms with E-state index in [4.69, 9.17) is 9.47 Å². The van der Waals surface area contributed by atoms with Crippen LogP contribution in [-0.2, 0) is 11.4 Å². The van der Waals surface area contributed by atoms with Crippen molar-refractivity contribution in [1.82, 2.24) is 0 Å². The Morgan fingerprint density at radius 3 is 2.29 bits per heavy atom. The van der Waals surface area contributed by atoms with Crippen molar-refractivity contribution >= 4 is 6.29 Å². The largest absolute Gasteiger partial charge is 0.494 e. The molecule has 3 heteroatoms. The number of carbonyl (C=O) groups excluding carboxylic acids is 1. The lowest BCUT2D eigenvalue weighted by Crippen LogP contribution is -1.97. The highest BCUT2D eigenvalue weighted by molar-refractivity contribution is 5.65. The summed E-state index contributed by atoms with van der Waals surface area (Å²) in [6, 6.07) is 24.5. The molecule has 0 aliphatic rings. The van der Waals surface area contributed by atoms with E-state index in [-0.39, 0.29) is 5.92 Å². The SMILES string of the molecule is CCOc1cccc(-c2ccc(COc3ccc(C(C)CC=O)cc3)cc2)c1. The van der Waals surface area contributed by atoms with Crippen molar-refractivity contribution in [3.63, 3.8) is 0 Å². The Morgan fingerprint density at radius 1 is 0.857 bits per heavy atom. The number of carbonyl (C=O) groups is 1. The lowest BCUT2D eigenvalue weighted by Gasteiger charge is -2.11. The third kappa shape index (κ3) is 5.23. The first-order valence-electron chi connectivity index (χ1n) is 9.68. The van der Waals surface area contributed by atoms with Crippen LogP contribution in [0.2, 0.25) is 0 Å². The molecule has 28 heavy (non-hydrogen) atoms. The zero-order valence-corrected chi connectivity index (χ0v) is 16.4. The summed E-state index contributed by atoms with van der Waals surface area (Å²) in [4.78, 5) is 10.6. The smallest absolute Gasteiger partial charge is 0.120 e. The summed E-state index contributed by atoms with van der Waals surface area (Å²) in [6.45, 7) is 5.22. The Bertz CT molecular complexity index is 882. The van der Waals surface area contributed by atoms with Crippen LogP contribution in [0.3, 0.4) is 0 Å². The second-order valence-corrected chi connectivity index (χ2v) is 6.82. The van der Waals surface area contributed by atoms with Crippen LogP contribution in [0.25, 0.3) is 11.1 Å². The molecule has 0 aliphatic carbocycles. The van der Waals surface area contributed by atoms with Crippen LogP contribution in [0.15, 0.2) is 72.8 Å². The minimum atomic E-state index is 0.236. The van der Waals surface area contributed by atoms with Gasteiger partial charge in [0.15, 0.2) is 0 Å². The summed E-state index contributed by atoms with van der Waals surface area (Å²) >= 11 is 0. The number of benzene rings is 3. The van der Waals surface area contributed by atoms with E-state index in [0.717, 1.165) is 40.0 Å². The van der Waals surface area contributed by atoms with E-state index in [2.05, 4.69) is 43.3 Å². The first-order chi connectivity index (χ1) is 13.7. The summed E-state index contributed by atoms with van der Waals surface area (Å²) in [5.74, 6) is 1.95. The van der Waals surface area contributed by atoms with E-state index in [1.807, 2.05) is 43.3 Å². The lowest BCUT2D eigenvalue weighted by molar-refractivity contribution is -0.108. The molecule has 3 nitrogen and oxygen atoms in total. The molecule has 0 fully saturated rings. The molecule has 0 amide bonds. The molecule has 144 valence electrons. The molecule has 0 saturated carbocycles. The molecule has 0 bridgehead atoms. The molecule has 0 aliphatic heterocycles. The predicted octanol–water partition coefficient (Wildman–Crippen LogP) is 6.02. The zero-order valence-electron chi connectivity index (χ0n) is 16.4. The van der Waals surface area contributed by atoms with Gasteiger partial charge in [-0.25, -0.2) is 0 Å². The predicted molar refractivity (Wildman–Crippen MR) is 113 cm³/mol. The Balaban J connectivity index is 1.60. The normalized spacial score (nSPS) is 11.6. The van der Waals surface area contributed by atoms with Gasteiger partial charge in [0.2, 0.25) is 0 Å². The van der Waals surface area contributed by atoms with Gasteiger partial charge in [0.25, 0.3) is 0 Å². The molecule has 0 aromatic heterocycles. The Labute approximate surface area is 166 Å². The van der Waals surface area contributed by atoms with Gasteiger partial charge in [-0.05, 0) is 59.4 Å². The fourth-order valence-electron chi connectivity index (χ4n) is 3.07. The highest BCUT2D eigenvalue weighted by atomic mass is 16.5. The topological polar surface area (TPSA) is 35.5 Å². The molecule has 1 atom stereocenters. The second-order valence-electron chi connectivity index (χ2n) is 6.82. The van der Waals surface area contributed by atoms with E-state index in [9.17, 15) is 4.79 Å². The number of ether oxygens (including phenoxy) is 2. The molecule has 1 unspecified atom stereocenters. The molecule has 0 radical (unpaired) electrons. The van der Waals surface area contributed by atoms with Crippen molar-refractivity contribution in [1.29, 1.82) is 0 Å². The van der Waals surface area contributed by atoms with Crippen molar-refractivity contribution in [2.24, 2.45) is 0 Å². The maximum Gasteiger partial charge on any atom is 0.120 e. The standard InChI is InChI=1S/C25H26O3/c1-3-27-25-6-4-5-23(17-25)22-9-7-20(8-10-22)18-28-24-13-11-21(12-14-24)19(2)15-16-26/h4-14,16-17,19H,3,15,18H2,1-2H3. The van der Waals surface area contributed by atoms with Crippen LogP contribution < -0.4 is 9.47 Å². The van der Waals surface area contributed by atoms with E-state index >= 15 is 0 Å². The van der Waals surface area contributed by atoms with Gasteiger partial charge in [0.1, 0.15) is 24.4 Å². The number of hydrogen-bond donors (Lipinski definition) is 0. The Morgan fingerprint density at radius 2 is 1.61 bits per heavy atom. The van der Waals surface area contributed by atoms with Gasteiger partial charge in [0, 0.05) is 6.42 Å². The summed E-state index contributed by atoms with van der Waals surface area (Å²) in [6.07, 6.45) is 1.51. The van der Waals surface area contributed by atoms with Crippen molar-refractivity contribution in [3.8, 4) is 22.6 Å². The van der Waals surface area contributed by atoms with Crippen LogP contribution in [-0.4, -0.2) is 12.9 Å². The third-order valence-electron chi connectivity index (χ3n) is 4.74. The molecule has 0 saturated heterocycles. The number of rotatable bonds is 9. The minimum absolute atomic E-state index is 0.236.